The Labute approximate surface area is 150 Å². The maximum Gasteiger partial charge on any atom is 0.252 e. The Morgan fingerprint density at radius 1 is 1.26 bits per heavy atom. The summed E-state index contributed by atoms with van der Waals surface area (Å²) in [4.78, 5) is 14.8. The Morgan fingerprint density at radius 3 is 2.70 bits per heavy atom. The minimum Gasteiger partial charge on any atom is -0.350 e. The van der Waals surface area contributed by atoms with Crippen molar-refractivity contribution in [2.45, 2.75) is 18.9 Å². The minimum absolute atomic E-state index is 0.161. The number of halogens is 2. The standard InChI is InChI=1S/C17H18Cl2N2OS/c18-13-3-4-14(15(19)9-13)17(22)20-10-16(12-5-8-23-11-12)21-6-1-2-7-21/h3-5,8-9,11,16H,1-2,6-7,10H2,(H,20,22). The van der Waals surface area contributed by atoms with Crippen molar-refractivity contribution in [3.8, 4) is 0 Å². The summed E-state index contributed by atoms with van der Waals surface area (Å²) in [5, 5.41) is 8.16. The van der Waals surface area contributed by atoms with Gasteiger partial charge in [0.15, 0.2) is 0 Å². The summed E-state index contributed by atoms with van der Waals surface area (Å²) >= 11 is 13.7. The third-order valence-electron chi connectivity index (χ3n) is 4.14. The van der Waals surface area contributed by atoms with Crippen molar-refractivity contribution in [3.63, 3.8) is 0 Å². The number of nitrogens with one attached hydrogen (secondary N) is 1. The molecule has 0 aliphatic carbocycles. The number of thiophene rings is 1. The van der Waals surface area contributed by atoms with E-state index in [1.54, 1.807) is 29.5 Å². The van der Waals surface area contributed by atoms with Gasteiger partial charge in [0.25, 0.3) is 5.91 Å². The molecule has 0 spiro atoms. The molecule has 2 heterocycles. The minimum atomic E-state index is -0.161. The Bertz CT molecular complexity index is 669. The van der Waals surface area contributed by atoms with Gasteiger partial charge in [-0.25, -0.2) is 0 Å². The first kappa shape index (κ1) is 16.8. The quantitative estimate of drug-likeness (QED) is 0.834. The van der Waals surface area contributed by atoms with Crippen molar-refractivity contribution in [3.05, 3.63) is 56.2 Å². The molecule has 1 fully saturated rings. The Kier molecular flexibility index (Phi) is 5.59. The number of nitrogens with zero attached hydrogens (tertiary/aromatic N) is 1. The van der Waals surface area contributed by atoms with Gasteiger partial charge in [0.2, 0.25) is 0 Å². The van der Waals surface area contributed by atoms with Gasteiger partial charge in [-0.2, -0.15) is 11.3 Å². The molecule has 2 aromatic rings. The number of hydrogen-bond acceptors (Lipinski definition) is 3. The van der Waals surface area contributed by atoms with Crippen LogP contribution in [0.5, 0.6) is 0 Å². The van der Waals surface area contributed by atoms with E-state index in [0.29, 0.717) is 22.2 Å². The van der Waals surface area contributed by atoms with Gasteiger partial charge >= 0.3 is 0 Å². The molecule has 0 saturated carbocycles. The Morgan fingerprint density at radius 2 is 2.04 bits per heavy atom. The van der Waals surface area contributed by atoms with Crippen LogP contribution in [0.2, 0.25) is 10.0 Å². The molecule has 6 heteroatoms. The molecule has 23 heavy (non-hydrogen) atoms. The topological polar surface area (TPSA) is 32.3 Å². The monoisotopic (exact) mass is 368 g/mol. The zero-order chi connectivity index (χ0) is 16.2. The van der Waals surface area contributed by atoms with Crippen molar-refractivity contribution >= 4 is 40.4 Å². The first-order valence-electron chi connectivity index (χ1n) is 7.64. The highest BCUT2D eigenvalue weighted by atomic mass is 35.5. The predicted molar refractivity (Wildman–Crippen MR) is 96.7 cm³/mol. The second-order valence-corrected chi connectivity index (χ2v) is 7.27. The smallest absolute Gasteiger partial charge is 0.252 e. The second kappa shape index (κ2) is 7.67. The SMILES string of the molecule is O=C(NCC(c1ccsc1)N1CCCC1)c1ccc(Cl)cc1Cl. The summed E-state index contributed by atoms with van der Waals surface area (Å²) in [6, 6.07) is 7.29. The molecule has 0 bridgehead atoms. The average molecular weight is 369 g/mol. The zero-order valence-electron chi connectivity index (χ0n) is 12.6. The molecule has 0 radical (unpaired) electrons. The van der Waals surface area contributed by atoms with E-state index in [-0.39, 0.29) is 11.9 Å². The number of carbonyl (C=O) groups is 1. The van der Waals surface area contributed by atoms with Gasteiger partial charge in [0, 0.05) is 11.6 Å². The lowest BCUT2D eigenvalue weighted by Gasteiger charge is -2.27. The van der Waals surface area contributed by atoms with E-state index in [0.717, 1.165) is 13.1 Å². The van der Waals surface area contributed by atoms with Gasteiger partial charge in [-0.15, -0.1) is 0 Å². The molecule has 1 aliphatic heterocycles. The van der Waals surface area contributed by atoms with Crippen molar-refractivity contribution < 1.29 is 4.79 Å². The van der Waals surface area contributed by atoms with Crippen LogP contribution in [0.1, 0.15) is 34.8 Å². The van der Waals surface area contributed by atoms with Gasteiger partial charge in [-0.3, -0.25) is 9.69 Å². The van der Waals surface area contributed by atoms with E-state index < -0.39 is 0 Å². The second-order valence-electron chi connectivity index (χ2n) is 5.65. The lowest BCUT2D eigenvalue weighted by Crippen LogP contribution is -2.36. The highest BCUT2D eigenvalue weighted by Crippen LogP contribution is 2.27. The molecule has 3 nitrogen and oxygen atoms in total. The number of likely N-dealkylation sites (tertiary alicyclic amines) is 1. The normalized spacial score (nSPS) is 16.4. The molecule has 1 atom stereocenters. The first-order valence-corrected chi connectivity index (χ1v) is 9.34. The molecule has 1 aliphatic rings. The van der Waals surface area contributed by atoms with E-state index in [2.05, 4.69) is 27.0 Å². The molecule has 1 N–H and O–H groups in total. The third kappa shape index (κ3) is 4.07. The molecule has 1 unspecified atom stereocenters. The maximum atomic E-state index is 12.4. The lowest BCUT2D eigenvalue weighted by atomic mass is 10.1. The predicted octanol–water partition coefficient (Wildman–Crippen LogP) is 4.62. The van der Waals surface area contributed by atoms with Gasteiger partial charge < -0.3 is 5.32 Å². The Balaban J connectivity index is 1.69. The van der Waals surface area contributed by atoms with Crippen molar-refractivity contribution in [1.82, 2.24) is 10.2 Å². The summed E-state index contributed by atoms with van der Waals surface area (Å²) in [6.45, 7) is 2.74. The highest BCUT2D eigenvalue weighted by Gasteiger charge is 2.24. The molecule has 3 rings (SSSR count). The van der Waals surface area contributed by atoms with E-state index in [4.69, 9.17) is 23.2 Å². The Hall–Kier alpha value is -1.07. The average Bonchev–Trinajstić information content (AvgIpc) is 3.21. The number of benzene rings is 1. The molecule has 1 saturated heterocycles. The molecule has 1 aromatic carbocycles. The van der Waals surface area contributed by atoms with Crippen LogP contribution in [0.4, 0.5) is 0 Å². The maximum absolute atomic E-state index is 12.4. The van der Waals surface area contributed by atoms with Gasteiger partial charge in [-0.05, 0) is 66.5 Å². The van der Waals surface area contributed by atoms with Crippen LogP contribution in [-0.2, 0) is 0 Å². The largest absolute Gasteiger partial charge is 0.350 e. The number of rotatable bonds is 5. The summed E-state index contributed by atoms with van der Waals surface area (Å²) < 4.78 is 0. The van der Waals surface area contributed by atoms with Crippen molar-refractivity contribution in [1.29, 1.82) is 0 Å². The molecular weight excluding hydrogens is 351 g/mol. The molecular formula is C17H18Cl2N2OS. The van der Waals surface area contributed by atoms with Crippen LogP contribution < -0.4 is 5.32 Å². The van der Waals surface area contributed by atoms with Gasteiger partial charge in [0.05, 0.1) is 16.6 Å². The molecule has 122 valence electrons. The van der Waals surface area contributed by atoms with E-state index in [1.807, 2.05) is 0 Å². The summed E-state index contributed by atoms with van der Waals surface area (Å²) in [7, 11) is 0. The van der Waals surface area contributed by atoms with Crippen molar-refractivity contribution in [2.24, 2.45) is 0 Å². The van der Waals surface area contributed by atoms with E-state index in [9.17, 15) is 4.79 Å². The number of amides is 1. The van der Waals surface area contributed by atoms with Crippen LogP contribution in [0.25, 0.3) is 0 Å². The molecule has 1 aromatic heterocycles. The fourth-order valence-electron chi connectivity index (χ4n) is 2.93. The van der Waals surface area contributed by atoms with Crippen LogP contribution in [-0.4, -0.2) is 30.4 Å². The van der Waals surface area contributed by atoms with Crippen LogP contribution in [0.3, 0.4) is 0 Å². The van der Waals surface area contributed by atoms with Crippen molar-refractivity contribution in [2.75, 3.05) is 19.6 Å². The summed E-state index contributed by atoms with van der Waals surface area (Å²) in [5.74, 6) is -0.161. The lowest BCUT2D eigenvalue weighted by molar-refractivity contribution is 0.0938. The van der Waals surface area contributed by atoms with Crippen LogP contribution in [0, 0.1) is 0 Å². The van der Waals surface area contributed by atoms with E-state index >= 15 is 0 Å². The van der Waals surface area contributed by atoms with Crippen LogP contribution >= 0.6 is 34.5 Å². The zero-order valence-corrected chi connectivity index (χ0v) is 14.9. The van der Waals surface area contributed by atoms with E-state index in [1.165, 1.54) is 18.4 Å². The number of hydrogen-bond donors (Lipinski definition) is 1. The fraction of sp³-hybridized carbons (Fsp3) is 0.353. The molecule has 1 amide bonds. The highest BCUT2D eigenvalue weighted by molar-refractivity contribution is 7.08. The summed E-state index contributed by atoms with van der Waals surface area (Å²) in [6.07, 6.45) is 2.44. The number of carbonyl (C=O) groups excluding carboxylic acids is 1. The van der Waals surface area contributed by atoms with Gasteiger partial charge in [0.1, 0.15) is 0 Å². The third-order valence-corrected chi connectivity index (χ3v) is 5.39. The summed E-state index contributed by atoms with van der Waals surface area (Å²) in [5.41, 5.74) is 1.72. The fourth-order valence-corrected chi connectivity index (χ4v) is 4.14. The van der Waals surface area contributed by atoms with Gasteiger partial charge in [-0.1, -0.05) is 23.2 Å². The van der Waals surface area contributed by atoms with Crippen LogP contribution in [0.15, 0.2) is 35.0 Å². The first-order chi connectivity index (χ1) is 11.1.